The third kappa shape index (κ3) is 3.69. The predicted molar refractivity (Wildman–Crippen MR) is 60.3 cm³/mol. The van der Waals surface area contributed by atoms with Gasteiger partial charge in [-0.25, -0.2) is 12.8 Å². The van der Waals surface area contributed by atoms with Crippen molar-refractivity contribution < 1.29 is 27.3 Å². The molecule has 0 saturated carbocycles. The number of carbonyl (C=O) groups excluding carboxylic acids is 1. The molecule has 1 aromatic rings. The molecule has 0 fully saturated rings. The van der Waals surface area contributed by atoms with Crippen molar-refractivity contribution >= 4 is 21.7 Å². The van der Waals surface area contributed by atoms with Gasteiger partial charge >= 0.3 is 5.97 Å². The van der Waals surface area contributed by atoms with Crippen LogP contribution in [0.25, 0.3) is 0 Å². The van der Waals surface area contributed by atoms with Gasteiger partial charge in [0.25, 0.3) is 5.69 Å². The van der Waals surface area contributed by atoms with Gasteiger partial charge in [-0.3, -0.25) is 14.9 Å². The number of halogens is 1. The number of carbonyl (C=O) groups is 1. The number of benzene rings is 1. The molecule has 0 aliphatic carbocycles. The molecule has 19 heavy (non-hydrogen) atoms. The molecule has 1 rings (SSSR count). The van der Waals surface area contributed by atoms with Crippen molar-refractivity contribution in [2.24, 2.45) is 0 Å². The smallest absolute Gasteiger partial charge is 0.320 e. The molecule has 0 saturated heterocycles. The standard InChI is InChI=1S/C9H9FN2O6S/c1-18-9(13)5-11-19(16,17)8-4-6(12(14)15)2-3-7(8)10/h2-4,11H,5H2,1H3. The van der Waals surface area contributed by atoms with Gasteiger partial charge in [-0.2, -0.15) is 4.72 Å². The summed E-state index contributed by atoms with van der Waals surface area (Å²) in [7, 11) is -3.34. The fourth-order valence-electron chi connectivity index (χ4n) is 1.12. The zero-order valence-electron chi connectivity index (χ0n) is 9.62. The number of esters is 1. The van der Waals surface area contributed by atoms with Crippen LogP contribution in [-0.2, 0) is 19.6 Å². The van der Waals surface area contributed by atoms with Crippen LogP contribution in [0, 0.1) is 15.9 Å². The van der Waals surface area contributed by atoms with Crippen LogP contribution >= 0.6 is 0 Å². The van der Waals surface area contributed by atoms with Crippen molar-refractivity contribution in [3.05, 3.63) is 34.1 Å². The second kappa shape index (κ2) is 5.71. The molecule has 1 N–H and O–H groups in total. The van der Waals surface area contributed by atoms with Crippen LogP contribution in [0.4, 0.5) is 10.1 Å². The Morgan fingerprint density at radius 2 is 2.16 bits per heavy atom. The first-order valence-corrected chi connectivity index (χ1v) is 6.26. The number of nitro groups is 1. The van der Waals surface area contributed by atoms with E-state index in [1.807, 2.05) is 0 Å². The Kier molecular flexibility index (Phi) is 4.51. The minimum atomic E-state index is -4.38. The summed E-state index contributed by atoms with van der Waals surface area (Å²) in [6, 6.07) is 2.05. The van der Waals surface area contributed by atoms with Crippen LogP contribution in [0.15, 0.2) is 23.1 Å². The molecule has 0 heterocycles. The Labute approximate surface area is 107 Å². The number of sulfonamides is 1. The van der Waals surface area contributed by atoms with Gasteiger partial charge in [-0.15, -0.1) is 0 Å². The summed E-state index contributed by atoms with van der Waals surface area (Å²) in [6.07, 6.45) is 0. The summed E-state index contributed by atoms with van der Waals surface area (Å²) in [5.41, 5.74) is -0.583. The number of rotatable bonds is 5. The molecule has 8 nitrogen and oxygen atoms in total. The zero-order valence-corrected chi connectivity index (χ0v) is 10.4. The third-order valence-electron chi connectivity index (χ3n) is 2.05. The van der Waals surface area contributed by atoms with Gasteiger partial charge in [0.2, 0.25) is 10.0 Å². The first kappa shape index (κ1) is 15.0. The van der Waals surface area contributed by atoms with Gasteiger partial charge in [0.05, 0.1) is 12.0 Å². The van der Waals surface area contributed by atoms with Crippen LogP contribution < -0.4 is 4.72 Å². The molecule has 0 aliphatic rings. The van der Waals surface area contributed by atoms with E-state index in [2.05, 4.69) is 4.74 Å². The van der Waals surface area contributed by atoms with E-state index in [-0.39, 0.29) is 0 Å². The normalized spacial score (nSPS) is 11.1. The molecule has 0 aromatic heterocycles. The number of hydrogen-bond acceptors (Lipinski definition) is 6. The molecule has 10 heteroatoms. The highest BCUT2D eigenvalue weighted by molar-refractivity contribution is 7.89. The summed E-state index contributed by atoms with van der Waals surface area (Å²) < 4.78 is 42.7. The van der Waals surface area contributed by atoms with Gasteiger partial charge in [0, 0.05) is 12.1 Å². The van der Waals surface area contributed by atoms with Crippen molar-refractivity contribution in [2.45, 2.75) is 4.90 Å². The number of non-ortho nitro benzene ring substituents is 1. The molecule has 0 radical (unpaired) electrons. The van der Waals surface area contributed by atoms with E-state index in [4.69, 9.17) is 0 Å². The summed E-state index contributed by atoms with van der Waals surface area (Å²) in [5.74, 6) is -2.04. The van der Waals surface area contributed by atoms with E-state index in [9.17, 15) is 27.7 Å². The molecule has 0 unspecified atom stereocenters. The quantitative estimate of drug-likeness (QED) is 0.470. The van der Waals surface area contributed by atoms with Crippen molar-refractivity contribution in [3.8, 4) is 0 Å². The Hall–Kier alpha value is -2.07. The number of nitrogens with zero attached hydrogens (tertiary/aromatic N) is 1. The van der Waals surface area contributed by atoms with Gasteiger partial charge in [-0.05, 0) is 6.07 Å². The van der Waals surface area contributed by atoms with E-state index in [1.54, 1.807) is 4.72 Å². The number of methoxy groups -OCH3 is 1. The highest BCUT2D eigenvalue weighted by Crippen LogP contribution is 2.20. The highest BCUT2D eigenvalue weighted by Gasteiger charge is 2.23. The second-order valence-electron chi connectivity index (χ2n) is 3.27. The Bertz CT molecular complexity index is 615. The first-order valence-electron chi connectivity index (χ1n) is 4.78. The van der Waals surface area contributed by atoms with Gasteiger partial charge in [0.1, 0.15) is 17.3 Å². The van der Waals surface area contributed by atoms with Crippen LogP contribution in [0.3, 0.4) is 0 Å². The third-order valence-corrected chi connectivity index (χ3v) is 3.47. The first-order chi connectivity index (χ1) is 8.77. The van der Waals surface area contributed by atoms with E-state index < -0.39 is 43.9 Å². The highest BCUT2D eigenvalue weighted by atomic mass is 32.2. The zero-order chi connectivity index (χ0) is 14.6. The summed E-state index contributed by atoms with van der Waals surface area (Å²) in [4.78, 5) is 19.5. The minimum Gasteiger partial charge on any atom is -0.468 e. The molecule has 0 atom stereocenters. The van der Waals surface area contributed by atoms with Crippen molar-refractivity contribution in [1.29, 1.82) is 0 Å². The maximum absolute atomic E-state index is 13.4. The fraction of sp³-hybridized carbons (Fsp3) is 0.222. The monoisotopic (exact) mass is 292 g/mol. The molecule has 0 aliphatic heterocycles. The fourth-order valence-corrected chi connectivity index (χ4v) is 2.18. The lowest BCUT2D eigenvalue weighted by atomic mass is 10.3. The number of hydrogen-bond donors (Lipinski definition) is 1. The van der Waals surface area contributed by atoms with Crippen molar-refractivity contribution in [1.82, 2.24) is 4.72 Å². The largest absolute Gasteiger partial charge is 0.468 e. The molecular weight excluding hydrogens is 283 g/mol. The summed E-state index contributed by atoms with van der Waals surface area (Å²) in [6.45, 7) is -0.707. The number of nitrogens with one attached hydrogen (secondary N) is 1. The SMILES string of the molecule is COC(=O)CNS(=O)(=O)c1cc([N+](=O)[O-])ccc1F. The van der Waals surface area contributed by atoms with Crippen LogP contribution in [-0.4, -0.2) is 33.0 Å². The average Bonchev–Trinajstić information content (AvgIpc) is 2.36. The predicted octanol–water partition coefficient (Wildman–Crippen LogP) is 0.185. The summed E-state index contributed by atoms with van der Waals surface area (Å²) in [5, 5.41) is 10.5. The van der Waals surface area contributed by atoms with Gasteiger partial charge < -0.3 is 4.74 Å². The Morgan fingerprint density at radius 3 is 2.68 bits per heavy atom. The maximum Gasteiger partial charge on any atom is 0.320 e. The lowest BCUT2D eigenvalue weighted by Gasteiger charge is -2.06. The van der Waals surface area contributed by atoms with Crippen LogP contribution in [0.1, 0.15) is 0 Å². The molecule has 0 spiro atoms. The molecule has 0 bridgehead atoms. The second-order valence-corrected chi connectivity index (χ2v) is 5.01. The summed E-state index contributed by atoms with van der Waals surface area (Å²) >= 11 is 0. The van der Waals surface area contributed by atoms with E-state index in [1.165, 1.54) is 0 Å². The van der Waals surface area contributed by atoms with E-state index in [0.717, 1.165) is 13.2 Å². The topological polar surface area (TPSA) is 116 Å². The Balaban J connectivity index is 3.10. The molecular formula is C9H9FN2O6S. The average molecular weight is 292 g/mol. The lowest BCUT2D eigenvalue weighted by Crippen LogP contribution is -2.30. The van der Waals surface area contributed by atoms with E-state index >= 15 is 0 Å². The van der Waals surface area contributed by atoms with E-state index in [0.29, 0.717) is 12.1 Å². The maximum atomic E-state index is 13.4. The van der Waals surface area contributed by atoms with Crippen LogP contribution in [0.5, 0.6) is 0 Å². The lowest BCUT2D eigenvalue weighted by molar-refractivity contribution is -0.385. The minimum absolute atomic E-state index is 0.564. The van der Waals surface area contributed by atoms with Crippen LogP contribution in [0.2, 0.25) is 0 Å². The number of nitro benzene ring substituents is 1. The van der Waals surface area contributed by atoms with Crippen molar-refractivity contribution in [2.75, 3.05) is 13.7 Å². The Morgan fingerprint density at radius 1 is 1.53 bits per heavy atom. The van der Waals surface area contributed by atoms with Crippen molar-refractivity contribution in [3.63, 3.8) is 0 Å². The molecule has 104 valence electrons. The molecule has 1 aromatic carbocycles. The van der Waals surface area contributed by atoms with Gasteiger partial charge in [0.15, 0.2) is 0 Å². The number of ether oxygens (including phenoxy) is 1. The van der Waals surface area contributed by atoms with Gasteiger partial charge in [-0.1, -0.05) is 0 Å². The molecule has 0 amide bonds.